The lowest BCUT2D eigenvalue weighted by molar-refractivity contribution is 0.332. The molecule has 0 fully saturated rings. The van der Waals surface area contributed by atoms with E-state index in [1.807, 2.05) is 11.3 Å². The van der Waals surface area contributed by atoms with Crippen LogP contribution in [-0.2, 0) is 32.5 Å². The summed E-state index contributed by atoms with van der Waals surface area (Å²) < 4.78 is 5.46. The van der Waals surface area contributed by atoms with E-state index in [0.29, 0.717) is 0 Å². The second-order valence-corrected chi connectivity index (χ2v) is 37.9. The Kier molecular flexibility index (Phi) is 14.6. The maximum Gasteiger partial charge on any atom is 0.264 e. The van der Waals surface area contributed by atoms with Crippen molar-refractivity contribution in [2.45, 2.75) is 155 Å². The molecule has 0 saturated carbocycles. The molecule has 0 spiro atoms. The zero-order valence-corrected chi connectivity index (χ0v) is 65.9. The molecule has 4 heterocycles. The maximum atomic E-state index is 2.77. The largest absolute Gasteiger partial charge is 0.310 e. The number of nitrogens with zero attached hydrogens (tertiary/aromatic N) is 2. The van der Waals surface area contributed by atoms with Crippen LogP contribution in [0.1, 0.15) is 156 Å². The molecule has 528 valence electrons. The SMILES string of the molecule is CC(C)(C)c1ccc(N2c3cc(-c4c(-c5ccc6c(c5)C(C)(C)CCC6(C)C)cc(-c5ccccc5)cc4-c4ccc5c(c4)C(C)(C)CCC5(C)C)cc4c3B(c3sc5ccc(C(C)(C)C)cc5c32)c2cc3c5ccccc5c5ccccc5c3c3c5cc(-c6ccccc6-c6ccccc6)ccc5n-4c23)cc1. The first-order chi connectivity index (χ1) is 51.8. The number of hydrogen-bond acceptors (Lipinski definition) is 2. The number of anilines is 3. The van der Waals surface area contributed by atoms with Crippen molar-refractivity contribution in [3.05, 3.63) is 294 Å². The molecule has 0 unspecified atom stereocenters. The Bertz CT molecular complexity index is 6400. The highest BCUT2D eigenvalue weighted by molar-refractivity contribution is 7.33. The Hall–Kier alpha value is -10.5. The minimum atomic E-state index is -0.149. The van der Waals surface area contributed by atoms with Crippen LogP contribution in [0.4, 0.5) is 17.1 Å². The van der Waals surface area contributed by atoms with Crippen LogP contribution < -0.4 is 20.6 Å². The highest BCUT2D eigenvalue weighted by Gasteiger charge is 2.47. The molecule has 2 nitrogen and oxygen atoms in total. The van der Waals surface area contributed by atoms with Gasteiger partial charge in [0.2, 0.25) is 0 Å². The lowest BCUT2D eigenvalue weighted by atomic mass is 9.36. The molecule has 4 aliphatic rings. The molecular weight excluding hydrogens is 1320 g/mol. The van der Waals surface area contributed by atoms with E-state index in [-0.39, 0.29) is 39.2 Å². The third kappa shape index (κ3) is 10.1. The summed E-state index contributed by atoms with van der Waals surface area (Å²) in [7, 11) is 0. The molecule has 16 aromatic rings. The fourth-order valence-corrected chi connectivity index (χ4v) is 21.2. The van der Waals surface area contributed by atoms with Crippen molar-refractivity contribution in [2.75, 3.05) is 4.90 Å². The summed E-state index contributed by atoms with van der Waals surface area (Å²) in [5, 5.41) is 11.6. The molecule has 0 radical (unpaired) electrons. The van der Waals surface area contributed by atoms with Crippen molar-refractivity contribution in [1.29, 1.82) is 0 Å². The van der Waals surface area contributed by atoms with E-state index in [9.17, 15) is 0 Å². The van der Waals surface area contributed by atoms with Crippen molar-refractivity contribution in [2.24, 2.45) is 0 Å². The molecule has 0 amide bonds. The first kappa shape index (κ1) is 66.9. The zero-order chi connectivity index (χ0) is 74.0. The second-order valence-electron chi connectivity index (χ2n) is 36.8. The summed E-state index contributed by atoms with van der Waals surface area (Å²) in [6, 6.07) is 103. The number of fused-ring (bicyclic) bond motifs is 18. The van der Waals surface area contributed by atoms with E-state index in [2.05, 4.69) is 367 Å². The Balaban J connectivity index is 0.997. The number of hydrogen-bond donors (Lipinski definition) is 0. The lowest BCUT2D eigenvalue weighted by Crippen LogP contribution is -2.59. The molecule has 0 atom stereocenters. The van der Waals surface area contributed by atoms with E-state index >= 15 is 0 Å². The van der Waals surface area contributed by atoms with Gasteiger partial charge in [-0.15, -0.1) is 11.3 Å². The second kappa shape index (κ2) is 23.5. The van der Waals surface area contributed by atoms with Gasteiger partial charge in [0, 0.05) is 48.1 Å². The summed E-state index contributed by atoms with van der Waals surface area (Å²) >= 11 is 2.01. The minimum Gasteiger partial charge on any atom is -0.310 e. The fraction of sp³-hybridized carbons (Fsp3) is 0.231. The van der Waals surface area contributed by atoms with Gasteiger partial charge in [-0.05, 0) is 257 Å². The summed E-state index contributed by atoms with van der Waals surface area (Å²) in [6.07, 6.45) is 4.56. The van der Waals surface area contributed by atoms with Crippen LogP contribution in [0.15, 0.2) is 261 Å². The normalized spacial score (nSPS) is 16.0. The monoisotopic (exact) mass is 1410 g/mol. The molecule has 0 saturated heterocycles. The van der Waals surface area contributed by atoms with Gasteiger partial charge in [0.05, 0.1) is 16.7 Å². The summed E-state index contributed by atoms with van der Waals surface area (Å²) in [6.45, 7) is 33.9. The molecule has 20 rings (SSSR count). The average Bonchev–Trinajstić information content (AvgIpc) is 1.45. The van der Waals surface area contributed by atoms with Crippen molar-refractivity contribution in [1.82, 2.24) is 4.57 Å². The molecule has 14 aromatic carbocycles. The predicted octanol–water partition coefficient (Wildman–Crippen LogP) is 27.4. The van der Waals surface area contributed by atoms with Crippen molar-refractivity contribution in [3.8, 4) is 72.4 Å². The van der Waals surface area contributed by atoms with Gasteiger partial charge < -0.3 is 9.47 Å². The lowest BCUT2D eigenvalue weighted by Gasteiger charge is -2.42. The third-order valence-electron chi connectivity index (χ3n) is 26.2. The smallest absolute Gasteiger partial charge is 0.264 e. The van der Waals surface area contributed by atoms with Crippen molar-refractivity contribution in [3.63, 3.8) is 0 Å². The highest BCUT2D eigenvalue weighted by atomic mass is 32.1. The van der Waals surface area contributed by atoms with Crippen LogP contribution in [0.5, 0.6) is 0 Å². The van der Waals surface area contributed by atoms with E-state index < -0.39 is 0 Å². The van der Waals surface area contributed by atoms with Crippen molar-refractivity contribution < 1.29 is 0 Å². The quantitative estimate of drug-likeness (QED) is 0.114. The van der Waals surface area contributed by atoms with E-state index in [1.165, 1.54) is 197 Å². The van der Waals surface area contributed by atoms with Gasteiger partial charge in [0.15, 0.2) is 0 Å². The average molecular weight is 1410 g/mol. The van der Waals surface area contributed by atoms with Gasteiger partial charge in [-0.25, -0.2) is 0 Å². The van der Waals surface area contributed by atoms with Crippen LogP contribution in [-0.4, -0.2) is 11.3 Å². The van der Waals surface area contributed by atoms with Crippen LogP contribution in [0.25, 0.3) is 137 Å². The van der Waals surface area contributed by atoms with Crippen molar-refractivity contribution >= 4 is 115 Å². The molecule has 0 bridgehead atoms. The van der Waals surface area contributed by atoms with Gasteiger partial charge in [-0.2, -0.15) is 0 Å². The number of benzene rings is 14. The fourth-order valence-electron chi connectivity index (χ4n) is 19.9. The van der Waals surface area contributed by atoms with E-state index in [0.717, 1.165) is 31.4 Å². The standard InChI is InChI=1S/C104H93BN2S/c1-99(2,3)69-40-43-71(44-41-69)106-89-58-68(92-78(65-37-45-83-85(56-65)103(11,12)51-49-101(83,7)8)54-67(62-27-17-15-18-28-62)55-79(92)66-38-46-84-86(57-66)104(13,14)52-50-102(84,9)10)59-90-95(89)105(98-96(106)82-60-70(100(4,5)6)42-48-91(82)108-98)87-61-80-76-35-24-23-33-74(76)75-34-25-26-36-77(75)93(80)94-81-53-64(39-47-88(81)107(90)97(87)94)73-32-22-21-31-72(73)63-29-19-16-20-30-63/h15-48,53-61H,49-52H2,1-14H3. The molecule has 2 aromatic heterocycles. The third-order valence-corrected chi connectivity index (χ3v) is 27.4. The number of aromatic nitrogens is 1. The Morgan fingerprint density at radius 1 is 0.343 bits per heavy atom. The molecule has 4 heteroatoms. The van der Waals surface area contributed by atoms with Gasteiger partial charge in [-0.3, -0.25) is 0 Å². The minimum absolute atomic E-state index is 0.0286. The molecular formula is C104H93BN2S. The summed E-state index contributed by atoms with van der Waals surface area (Å²) in [4.78, 5) is 2.74. The van der Waals surface area contributed by atoms with Gasteiger partial charge >= 0.3 is 0 Å². The van der Waals surface area contributed by atoms with E-state index in [4.69, 9.17) is 0 Å². The number of rotatable bonds is 7. The summed E-state index contributed by atoms with van der Waals surface area (Å²) in [5.41, 5.74) is 33.1. The summed E-state index contributed by atoms with van der Waals surface area (Å²) in [5.74, 6) is 0. The number of thiophene rings is 1. The molecule has 108 heavy (non-hydrogen) atoms. The molecule has 0 N–H and O–H groups in total. The molecule has 2 aliphatic heterocycles. The highest BCUT2D eigenvalue weighted by Crippen LogP contribution is 2.56. The van der Waals surface area contributed by atoms with Crippen LogP contribution >= 0.6 is 11.3 Å². The van der Waals surface area contributed by atoms with Crippen LogP contribution in [0.3, 0.4) is 0 Å². The first-order valence-electron chi connectivity index (χ1n) is 39.5. The van der Waals surface area contributed by atoms with Gasteiger partial charge in [0.25, 0.3) is 6.71 Å². The molecule has 2 aliphatic carbocycles. The Morgan fingerprint density at radius 2 is 0.833 bits per heavy atom. The van der Waals surface area contributed by atoms with Crippen LogP contribution in [0.2, 0.25) is 0 Å². The van der Waals surface area contributed by atoms with Gasteiger partial charge in [0.1, 0.15) is 0 Å². The van der Waals surface area contributed by atoms with E-state index in [1.54, 1.807) is 0 Å². The Labute approximate surface area is 641 Å². The Morgan fingerprint density at radius 3 is 1.43 bits per heavy atom. The predicted molar refractivity (Wildman–Crippen MR) is 469 cm³/mol. The zero-order valence-electron chi connectivity index (χ0n) is 65.0. The first-order valence-corrected chi connectivity index (χ1v) is 40.3. The topological polar surface area (TPSA) is 8.17 Å². The maximum absolute atomic E-state index is 2.77. The van der Waals surface area contributed by atoms with Gasteiger partial charge in [-0.1, -0.05) is 297 Å². The van der Waals surface area contributed by atoms with Crippen LogP contribution in [0, 0.1) is 0 Å².